The van der Waals surface area contributed by atoms with Crippen molar-refractivity contribution in [3.05, 3.63) is 66.1 Å². The summed E-state index contributed by atoms with van der Waals surface area (Å²) in [6.45, 7) is 2.03. The van der Waals surface area contributed by atoms with Crippen molar-refractivity contribution >= 4 is 46.0 Å². The smallest absolute Gasteiger partial charge is 0.293 e. The molecule has 13 nitrogen and oxygen atoms in total. The number of likely N-dealkylation sites (tertiary alicyclic amines) is 1. The minimum Gasteiger partial charge on any atom is -0.438 e. The second-order valence-electron chi connectivity index (χ2n) is 9.17. The molecule has 3 aromatic heterocycles. The number of hydrogen-bond acceptors (Lipinski definition) is 8. The van der Waals surface area contributed by atoms with Crippen molar-refractivity contribution in [3.63, 3.8) is 0 Å². The summed E-state index contributed by atoms with van der Waals surface area (Å²) in [5, 5.41) is 10.1. The summed E-state index contributed by atoms with van der Waals surface area (Å²) < 4.78 is 6.38. The van der Waals surface area contributed by atoms with Crippen LogP contribution in [0.3, 0.4) is 0 Å². The molecule has 4 amide bonds. The van der Waals surface area contributed by atoms with Gasteiger partial charge in [-0.05, 0) is 56.5 Å². The van der Waals surface area contributed by atoms with Gasteiger partial charge in [-0.2, -0.15) is 5.10 Å². The molecule has 1 fully saturated rings. The van der Waals surface area contributed by atoms with Crippen LogP contribution in [0, 0.1) is 6.92 Å². The number of rotatable bonds is 7. The monoisotopic (exact) mass is 530 g/mol. The van der Waals surface area contributed by atoms with Crippen molar-refractivity contribution in [2.24, 2.45) is 5.73 Å². The van der Waals surface area contributed by atoms with E-state index in [-0.39, 0.29) is 29.8 Å². The maximum absolute atomic E-state index is 13.4. The number of carbonyl (C=O) groups is 4. The fourth-order valence-electron chi connectivity index (χ4n) is 4.62. The van der Waals surface area contributed by atoms with Gasteiger partial charge in [0.25, 0.3) is 11.8 Å². The Morgan fingerprint density at radius 1 is 1.13 bits per heavy atom. The summed E-state index contributed by atoms with van der Waals surface area (Å²) in [6, 6.07) is 9.44. The van der Waals surface area contributed by atoms with Crippen molar-refractivity contribution in [1.29, 1.82) is 0 Å². The molecule has 4 aromatic rings. The fraction of sp³-hybridized carbons (Fsp3) is 0.269. The first-order valence-corrected chi connectivity index (χ1v) is 12.3. The van der Waals surface area contributed by atoms with E-state index in [4.69, 9.17) is 10.2 Å². The van der Waals surface area contributed by atoms with Crippen molar-refractivity contribution in [1.82, 2.24) is 24.6 Å². The Hall–Kier alpha value is -5.07. The second-order valence-corrected chi connectivity index (χ2v) is 9.17. The number of aryl methyl sites for hydroxylation is 1. The maximum Gasteiger partial charge on any atom is 0.293 e. The van der Waals surface area contributed by atoms with Gasteiger partial charge in [0.2, 0.25) is 17.6 Å². The topological polar surface area (TPSA) is 178 Å². The molecule has 1 atom stereocenters. The molecule has 0 saturated carbocycles. The predicted molar refractivity (Wildman–Crippen MR) is 140 cm³/mol. The Morgan fingerprint density at radius 2 is 1.97 bits per heavy atom. The highest BCUT2D eigenvalue weighted by Crippen LogP contribution is 2.25. The summed E-state index contributed by atoms with van der Waals surface area (Å²) in [5.74, 6) is -1.50. The Balaban J connectivity index is 1.36. The summed E-state index contributed by atoms with van der Waals surface area (Å²) >= 11 is 0. The standard InChI is InChI=1S/C26H26N8O5/c1-15-5-4-7-21(29-15)31-25(37)19-6-2-3-10-33(19)22(35)13-34-18-9-8-16(11-17(18)23(32-34)24(27)36)30-26(38)20-12-28-14-39-20/h4-5,7-9,11-12,14,19H,2-3,6,10,13H2,1H3,(H2,27,36)(H,30,38)(H,29,31,37)/t19-/m0/s1. The van der Waals surface area contributed by atoms with Gasteiger partial charge in [-0.15, -0.1) is 0 Å². The molecule has 0 aliphatic carbocycles. The van der Waals surface area contributed by atoms with Crippen molar-refractivity contribution in [2.45, 2.75) is 38.8 Å². The van der Waals surface area contributed by atoms with Crippen LogP contribution in [0.5, 0.6) is 0 Å². The number of nitrogens with one attached hydrogen (secondary N) is 2. The average Bonchev–Trinajstić information content (AvgIpc) is 3.57. The highest BCUT2D eigenvalue weighted by molar-refractivity contribution is 6.07. The lowest BCUT2D eigenvalue weighted by molar-refractivity contribution is -0.141. The van der Waals surface area contributed by atoms with Crippen LogP contribution in [-0.4, -0.2) is 60.9 Å². The molecule has 200 valence electrons. The number of nitrogens with zero attached hydrogens (tertiary/aromatic N) is 5. The molecule has 1 aromatic carbocycles. The highest BCUT2D eigenvalue weighted by atomic mass is 16.3. The van der Waals surface area contributed by atoms with E-state index in [0.29, 0.717) is 35.4 Å². The number of anilines is 2. The second kappa shape index (κ2) is 10.7. The van der Waals surface area contributed by atoms with Crippen LogP contribution in [-0.2, 0) is 16.1 Å². The van der Waals surface area contributed by atoms with Gasteiger partial charge in [0.1, 0.15) is 18.4 Å². The number of aromatic nitrogens is 4. The van der Waals surface area contributed by atoms with Gasteiger partial charge in [-0.25, -0.2) is 9.97 Å². The van der Waals surface area contributed by atoms with Crippen LogP contribution in [0.4, 0.5) is 11.5 Å². The Morgan fingerprint density at radius 3 is 2.72 bits per heavy atom. The number of piperidine rings is 1. The lowest BCUT2D eigenvalue weighted by atomic mass is 10.0. The van der Waals surface area contributed by atoms with Crippen LogP contribution in [0.15, 0.2) is 53.4 Å². The molecule has 39 heavy (non-hydrogen) atoms. The molecular weight excluding hydrogens is 504 g/mol. The van der Waals surface area contributed by atoms with E-state index in [1.165, 1.54) is 15.8 Å². The molecule has 1 aliphatic heterocycles. The van der Waals surface area contributed by atoms with Crippen molar-refractivity contribution in [3.8, 4) is 0 Å². The third-order valence-corrected chi connectivity index (χ3v) is 6.45. The van der Waals surface area contributed by atoms with Gasteiger partial charge in [-0.3, -0.25) is 23.9 Å². The number of nitrogens with two attached hydrogens (primary N) is 1. The first kappa shape index (κ1) is 25.6. The summed E-state index contributed by atoms with van der Waals surface area (Å²) in [7, 11) is 0. The van der Waals surface area contributed by atoms with Gasteiger partial charge in [0.05, 0.1) is 11.7 Å². The minimum absolute atomic E-state index is 0.0183. The molecule has 1 aliphatic rings. The van der Waals surface area contributed by atoms with E-state index in [1.54, 1.807) is 30.3 Å². The number of primary amides is 1. The zero-order valence-corrected chi connectivity index (χ0v) is 21.1. The summed E-state index contributed by atoms with van der Waals surface area (Å²) in [6.07, 6.45) is 4.50. The molecule has 4 heterocycles. The summed E-state index contributed by atoms with van der Waals surface area (Å²) in [4.78, 5) is 60.6. The van der Waals surface area contributed by atoms with Crippen LogP contribution in [0.1, 0.15) is 46.0 Å². The first-order valence-electron chi connectivity index (χ1n) is 12.3. The lowest BCUT2D eigenvalue weighted by Crippen LogP contribution is -2.51. The molecule has 1 saturated heterocycles. The van der Waals surface area contributed by atoms with Crippen LogP contribution in [0.2, 0.25) is 0 Å². The number of hydrogen-bond donors (Lipinski definition) is 3. The van der Waals surface area contributed by atoms with Crippen LogP contribution < -0.4 is 16.4 Å². The largest absolute Gasteiger partial charge is 0.438 e. The number of fused-ring (bicyclic) bond motifs is 1. The predicted octanol–water partition coefficient (Wildman–Crippen LogP) is 2.10. The quantitative estimate of drug-likeness (QED) is 0.325. The molecular formula is C26H26N8O5. The number of oxazole rings is 1. The van der Waals surface area contributed by atoms with Gasteiger partial charge in [0.15, 0.2) is 12.1 Å². The van der Waals surface area contributed by atoms with E-state index in [2.05, 4.69) is 25.7 Å². The van der Waals surface area contributed by atoms with Crippen LogP contribution >= 0.6 is 0 Å². The third-order valence-electron chi connectivity index (χ3n) is 6.45. The number of benzene rings is 1. The van der Waals surface area contributed by atoms with E-state index in [9.17, 15) is 19.2 Å². The highest BCUT2D eigenvalue weighted by Gasteiger charge is 2.33. The number of amides is 4. The Kier molecular flexibility index (Phi) is 7.04. The molecule has 0 spiro atoms. The maximum atomic E-state index is 13.4. The fourth-order valence-corrected chi connectivity index (χ4v) is 4.62. The molecule has 0 radical (unpaired) electrons. The Bertz CT molecular complexity index is 1560. The van der Waals surface area contributed by atoms with Gasteiger partial charge >= 0.3 is 0 Å². The number of carbonyl (C=O) groups excluding carboxylic acids is 4. The number of pyridine rings is 1. The SMILES string of the molecule is Cc1cccc(NC(=O)[C@@H]2CCCCN2C(=O)Cn2nc(C(N)=O)c3cc(NC(=O)c4cnco4)ccc32)n1. The Labute approximate surface area is 222 Å². The third kappa shape index (κ3) is 5.46. The van der Waals surface area contributed by atoms with Crippen molar-refractivity contribution < 1.29 is 23.6 Å². The minimum atomic E-state index is -0.786. The van der Waals surface area contributed by atoms with Gasteiger partial charge < -0.3 is 25.7 Å². The molecule has 13 heteroatoms. The van der Waals surface area contributed by atoms with E-state index < -0.39 is 17.9 Å². The van der Waals surface area contributed by atoms with Gasteiger partial charge in [-0.1, -0.05) is 6.07 Å². The molecule has 5 rings (SSSR count). The van der Waals surface area contributed by atoms with Crippen molar-refractivity contribution in [2.75, 3.05) is 17.2 Å². The normalized spacial score (nSPS) is 15.2. The average molecular weight is 531 g/mol. The molecule has 4 N–H and O–H groups in total. The van der Waals surface area contributed by atoms with E-state index in [1.807, 2.05) is 13.0 Å². The lowest BCUT2D eigenvalue weighted by Gasteiger charge is -2.34. The summed E-state index contributed by atoms with van der Waals surface area (Å²) in [5.41, 5.74) is 7.12. The zero-order chi connectivity index (χ0) is 27.5. The van der Waals surface area contributed by atoms with E-state index in [0.717, 1.165) is 24.9 Å². The zero-order valence-electron chi connectivity index (χ0n) is 21.1. The van der Waals surface area contributed by atoms with E-state index >= 15 is 0 Å². The van der Waals surface area contributed by atoms with Gasteiger partial charge in [0, 0.05) is 23.3 Å². The molecule has 0 unspecified atom stereocenters. The molecule has 0 bridgehead atoms. The van der Waals surface area contributed by atoms with Crippen LogP contribution in [0.25, 0.3) is 10.9 Å². The first-order chi connectivity index (χ1) is 18.8.